The molecule has 7 heteroatoms. The number of carbonyl (C=O) groups is 1. The number of anilines is 1. The first-order chi connectivity index (χ1) is 6.00. The van der Waals surface area contributed by atoms with E-state index < -0.39 is 23.6 Å². The van der Waals surface area contributed by atoms with Gasteiger partial charge in [-0.05, 0) is 0 Å². The fourth-order valence-electron chi connectivity index (χ4n) is 0.857. The van der Waals surface area contributed by atoms with Crippen LogP contribution < -0.4 is 17.0 Å². The Hall–Kier alpha value is -2.05. The molecule has 0 bridgehead atoms. The average molecular weight is 185 g/mol. The molecule has 0 aromatic carbocycles. The van der Waals surface area contributed by atoms with Gasteiger partial charge in [0.1, 0.15) is 5.82 Å². The van der Waals surface area contributed by atoms with Crippen molar-refractivity contribution in [2.75, 3.05) is 5.73 Å². The van der Waals surface area contributed by atoms with Gasteiger partial charge in [0.2, 0.25) is 0 Å². The summed E-state index contributed by atoms with van der Waals surface area (Å²) in [6.07, 6.45) is -0.516. The Morgan fingerprint density at radius 1 is 1.38 bits per heavy atom. The second-order valence-electron chi connectivity index (χ2n) is 2.37. The molecule has 0 fully saturated rings. The minimum absolute atomic E-state index is 0.146. The number of aliphatic carboxylic acids is 1. The number of nitrogens with one attached hydrogen (secondary N) is 2. The summed E-state index contributed by atoms with van der Waals surface area (Å²) in [4.78, 5) is 35.8. The maximum atomic E-state index is 11.0. The van der Waals surface area contributed by atoms with E-state index in [1.165, 1.54) is 0 Å². The van der Waals surface area contributed by atoms with Crippen LogP contribution in [-0.2, 0) is 11.2 Å². The van der Waals surface area contributed by atoms with Crippen molar-refractivity contribution in [1.82, 2.24) is 9.97 Å². The van der Waals surface area contributed by atoms with E-state index in [0.29, 0.717) is 0 Å². The molecule has 13 heavy (non-hydrogen) atoms. The Bertz CT molecular complexity index is 444. The van der Waals surface area contributed by atoms with Crippen molar-refractivity contribution in [3.63, 3.8) is 0 Å². The number of hydrogen-bond acceptors (Lipinski definition) is 4. The number of nitrogen functional groups attached to an aromatic ring is 1. The molecule has 1 aromatic heterocycles. The van der Waals surface area contributed by atoms with Crippen LogP contribution in [0.3, 0.4) is 0 Å². The van der Waals surface area contributed by atoms with Gasteiger partial charge in [-0.25, -0.2) is 4.79 Å². The van der Waals surface area contributed by atoms with Crippen molar-refractivity contribution in [2.45, 2.75) is 6.42 Å². The van der Waals surface area contributed by atoms with Gasteiger partial charge in [-0.3, -0.25) is 19.6 Å². The van der Waals surface area contributed by atoms with E-state index in [1.54, 1.807) is 0 Å². The monoisotopic (exact) mass is 185 g/mol. The molecule has 1 heterocycles. The summed E-state index contributed by atoms with van der Waals surface area (Å²) < 4.78 is 0. The molecule has 0 atom stereocenters. The molecule has 0 saturated heterocycles. The zero-order chi connectivity index (χ0) is 10.0. The van der Waals surface area contributed by atoms with Crippen molar-refractivity contribution in [1.29, 1.82) is 0 Å². The van der Waals surface area contributed by atoms with Gasteiger partial charge < -0.3 is 10.8 Å². The Kier molecular flexibility index (Phi) is 2.18. The molecule has 0 spiro atoms. The molecule has 1 rings (SSSR count). The van der Waals surface area contributed by atoms with E-state index in [-0.39, 0.29) is 11.4 Å². The number of rotatable bonds is 2. The van der Waals surface area contributed by atoms with E-state index in [9.17, 15) is 14.4 Å². The maximum Gasteiger partial charge on any atom is 0.327 e. The quantitative estimate of drug-likeness (QED) is 0.435. The number of aromatic amines is 2. The third-order valence-corrected chi connectivity index (χ3v) is 1.40. The first-order valence-electron chi connectivity index (χ1n) is 3.33. The highest BCUT2D eigenvalue weighted by Crippen LogP contribution is 1.98. The summed E-state index contributed by atoms with van der Waals surface area (Å²) in [5, 5.41) is 8.38. The molecular weight excluding hydrogens is 178 g/mol. The third-order valence-electron chi connectivity index (χ3n) is 1.40. The Morgan fingerprint density at radius 2 is 2.00 bits per heavy atom. The second kappa shape index (κ2) is 3.13. The number of H-pyrrole nitrogens is 2. The normalized spacial score (nSPS) is 9.85. The molecule has 70 valence electrons. The van der Waals surface area contributed by atoms with Crippen LogP contribution in [0.2, 0.25) is 0 Å². The van der Waals surface area contributed by atoms with Gasteiger partial charge in [0.05, 0.1) is 12.0 Å². The first kappa shape index (κ1) is 9.04. The van der Waals surface area contributed by atoms with Gasteiger partial charge >= 0.3 is 11.7 Å². The molecule has 0 aliphatic heterocycles. The predicted octanol–water partition coefficient (Wildman–Crippen LogP) is -1.73. The van der Waals surface area contributed by atoms with E-state index >= 15 is 0 Å². The van der Waals surface area contributed by atoms with Crippen molar-refractivity contribution in [3.05, 3.63) is 26.4 Å². The summed E-state index contributed by atoms with van der Waals surface area (Å²) in [7, 11) is 0. The van der Waals surface area contributed by atoms with Gasteiger partial charge in [-0.2, -0.15) is 0 Å². The smallest absolute Gasteiger partial charge is 0.327 e. The van der Waals surface area contributed by atoms with Crippen LogP contribution in [0, 0.1) is 0 Å². The fourth-order valence-corrected chi connectivity index (χ4v) is 0.857. The Labute approximate surface area is 71.2 Å². The lowest BCUT2D eigenvalue weighted by Crippen LogP contribution is -2.28. The summed E-state index contributed by atoms with van der Waals surface area (Å²) in [5.41, 5.74) is 3.56. The highest BCUT2D eigenvalue weighted by molar-refractivity contribution is 5.71. The van der Waals surface area contributed by atoms with E-state index in [0.717, 1.165) is 0 Å². The molecule has 0 amide bonds. The van der Waals surface area contributed by atoms with Gasteiger partial charge in [0, 0.05) is 0 Å². The number of carboxylic acid groups (broad SMARTS) is 1. The van der Waals surface area contributed by atoms with Crippen molar-refractivity contribution >= 4 is 11.8 Å². The summed E-state index contributed by atoms with van der Waals surface area (Å²) in [5.74, 6) is -1.40. The van der Waals surface area contributed by atoms with Crippen LogP contribution in [0.25, 0.3) is 0 Å². The molecule has 0 radical (unpaired) electrons. The van der Waals surface area contributed by atoms with E-state index in [4.69, 9.17) is 10.8 Å². The highest BCUT2D eigenvalue weighted by Gasteiger charge is 2.09. The SMILES string of the molecule is Nc1[nH]c(=O)[nH]c(=O)c1CC(=O)O. The molecule has 0 unspecified atom stereocenters. The average Bonchev–Trinajstić information content (AvgIpc) is 1.96. The molecule has 7 nitrogen and oxygen atoms in total. The summed E-state index contributed by atoms with van der Waals surface area (Å²) >= 11 is 0. The topological polar surface area (TPSA) is 129 Å². The largest absolute Gasteiger partial charge is 0.481 e. The fraction of sp³-hybridized carbons (Fsp3) is 0.167. The second-order valence-corrected chi connectivity index (χ2v) is 2.37. The minimum atomic E-state index is -1.19. The van der Waals surface area contributed by atoms with Crippen LogP contribution in [0.5, 0.6) is 0 Å². The van der Waals surface area contributed by atoms with Gasteiger partial charge in [0.15, 0.2) is 0 Å². The number of hydrogen-bond donors (Lipinski definition) is 4. The minimum Gasteiger partial charge on any atom is -0.481 e. The molecule has 5 N–H and O–H groups in total. The molecule has 1 aromatic rings. The predicted molar refractivity (Wildman–Crippen MR) is 43.4 cm³/mol. The van der Waals surface area contributed by atoms with Crippen molar-refractivity contribution < 1.29 is 9.90 Å². The Morgan fingerprint density at radius 3 is 2.46 bits per heavy atom. The van der Waals surface area contributed by atoms with E-state index in [2.05, 4.69) is 4.98 Å². The Balaban J connectivity index is 3.29. The van der Waals surface area contributed by atoms with Gasteiger partial charge in [0.25, 0.3) is 5.56 Å². The molecule has 0 aliphatic rings. The van der Waals surface area contributed by atoms with Crippen LogP contribution in [0.15, 0.2) is 9.59 Å². The van der Waals surface area contributed by atoms with Crippen molar-refractivity contribution in [2.24, 2.45) is 0 Å². The first-order valence-corrected chi connectivity index (χ1v) is 3.33. The van der Waals surface area contributed by atoms with Crippen molar-refractivity contribution in [3.8, 4) is 0 Å². The standard InChI is InChI=1S/C6H7N3O4/c7-4-2(1-3(10)11)5(12)9-6(13)8-4/h1H2,(H,10,11)(H4,7,8,9,12,13). The number of nitrogens with two attached hydrogens (primary N) is 1. The van der Waals surface area contributed by atoms with Gasteiger partial charge in [-0.1, -0.05) is 0 Å². The number of aromatic nitrogens is 2. The lowest BCUT2D eigenvalue weighted by molar-refractivity contribution is -0.136. The molecular formula is C6H7N3O4. The highest BCUT2D eigenvalue weighted by atomic mass is 16.4. The molecule has 0 saturated carbocycles. The zero-order valence-corrected chi connectivity index (χ0v) is 6.46. The maximum absolute atomic E-state index is 11.0. The lowest BCUT2D eigenvalue weighted by atomic mass is 10.2. The van der Waals surface area contributed by atoms with Gasteiger partial charge in [-0.15, -0.1) is 0 Å². The third kappa shape index (κ3) is 1.95. The van der Waals surface area contributed by atoms with Crippen LogP contribution in [0.1, 0.15) is 5.56 Å². The van der Waals surface area contributed by atoms with E-state index in [1.807, 2.05) is 4.98 Å². The molecule has 0 aliphatic carbocycles. The zero-order valence-electron chi connectivity index (χ0n) is 6.46. The van der Waals surface area contributed by atoms with Crippen LogP contribution >= 0.6 is 0 Å². The summed E-state index contributed by atoms with van der Waals surface area (Å²) in [6.45, 7) is 0. The number of carboxylic acids is 1. The van der Waals surface area contributed by atoms with Crippen LogP contribution in [-0.4, -0.2) is 21.0 Å². The summed E-state index contributed by atoms with van der Waals surface area (Å²) in [6, 6.07) is 0. The lowest BCUT2D eigenvalue weighted by Gasteiger charge is -1.98. The van der Waals surface area contributed by atoms with Crippen LogP contribution in [0.4, 0.5) is 5.82 Å².